The summed E-state index contributed by atoms with van der Waals surface area (Å²) in [4.78, 5) is 76.4. The summed E-state index contributed by atoms with van der Waals surface area (Å²) in [5, 5.41) is 12.1. The van der Waals surface area contributed by atoms with Crippen molar-refractivity contribution in [2.45, 2.75) is 58.2 Å². The molecule has 18 heteroatoms. The Morgan fingerprint density at radius 3 is 2.04 bits per heavy atom. The number of benzene rings is 2. The van der Waals surface area contributed by atoms with Crippen LogP contribution in [-0.2, 0) is 65.4 Å². The van der Waals surface area contributed by atoms with Crippen molar-refractivity contribution in [3.8, 4) is 5.75 Å². The minimum Gasteiger partial charge on any atom is -0.483 e. The Hall–Kier alpha value is -5.33. The second kappa shape index (κ2) is 22.6. The van der Waals surface area contributed by atoms with Crippen LogP contribution in [0.25, 0.3) is 0 Å². The lowest BCUT2D eigenvalue weighted by Gasteiger charge is -2.34. The van der Waals surface area contributed by atoms with Gasteiger partial charge in [0.1, 0.15) is 19.9 Å². The molecule has 0 radical (unpaired) electrons. The molecule has 0 saturated carbocycles. The SMILES string of the molecule is COC(=O)C(OC)C(OC(C)=O)C(OC(C)=O)[C@@H](COc1ccc(COC(=O)N(CCN(C)C)COCCc2ccccc2)cc1[N+](=O)[O-])OC(C)=O. The van der Waals surface area contributed by atoms with Crippen LogP contribution in [0.2, 0.25) is 0 Å². The number of carbonyl (C=O) groups is 5. The minimum absolute atomic E-state index is 0.0344. The maximum Gasteiger partial charge on any atom is 0.411 e. The molecular formula is C35H47N3O15. The molecule has 4 atom stereocenters. The summed E-state index contributed by atoms with van der Waals surface area (Å²) in [6.07, 6.45) is -6.71. The average Bonchev–Trinajstić information content (AvgIpc) is 3.10. The van der Waals surface area contributed by atoms with Crippen LogP contribution in [0.5, 0.6) is 5.75 Å². The third-order valence-electron chi connectivity index (χ3n) is 7.28. The van der Waals surface area contributed by atoms with E-state index in [1.807, 2.05) is 49.3 Å². The fraction of sp³-hybridized carbons (Fsp3) is 0.514. The van der Waals surface area contributed by atoms with Gasteiger partial charge in [0.05, 0.1) is 18.6 Å². The second-order valence-electron chi connectivity index (χ2n) is 11.7. The topological polar surface area (TPSA) is 209 Å². The molecule has 0 spiro atoms. The monoisotopic (exact) mass is 749 g/mol. The zero-order valence-electron chi connectivity index (χ0n) is 30.8. The van der Waals surface area contributed by atoms with Crippen molar-refractivity contribution in [1.29, 1.82) is 0 Å². The quantitative estimate of drug-likeness (QED) is 0.0423. The van der Waals surface area contributed by atoms with E-state index in [-0.39, 0.29) is 24.7 Å². The fourth-order valence-corrected chi connectivity index (χ4v) is 4.79. The molecule has 2 aromatic rings. The number of hydrogen-bond acceptors (Lipinski definition) is 16. The van der Waals surface area contributed by atoms with Crippen LogP contribution in [0.3, 0.4) is 0 Å². The van der Waals surface area contributed by atoms with Gasteiger partial charge in [-0.05, 0) is 37.7 Å². The first-order valence-electron chi connectivity index (χ1n) is 16.4. The molecule has 2 aromatic carbocycles. The lowest BCUT2D eigenvalue weighted by Crippen LogP contribution is -2.55. The summed E-state index contributed by atoms with van der Waals surface area (Å²) in [5.41, 5.74) is 0.790. The fourth-order valence-electron chi connectivity index (χ4n) is 4.79. The van der Waals surface area contributed by atoms with Gasteiger partial charge in [-0.25, -0.2) is 9.59 Å². The number of nitrogens with zero attached hydrogens (tertiary/aromatic N) is 3. The normalized spacial score (nSPS) is 13.1. The highest BCUT2D eigenvalue weighted by Gasteiger charge is 2.46. The number of amides is 1. The Morgan fingerprint density at radius 1 is 0.830 bits per heavy atom. The zero-order chi connectivity index (χ0) is 39.5. The lowest BCUT2D eigenvalue weighted by atomic mass is 10.0. The van der Waals surface area contributed by atoms with Gasteiger partial charge in [-0.3, -0.25) is 29.4 Å². The molecule has 3 unspecified atom stereocenters. The van der Waals surface area contributed by atoms with E-state index in [1.54, 1.807) is 0 Å². The molecule has 0 aliphatic carbocycles. The molecule has 0 aromatic heterocycles. The molecule has 0 aliphatic heterocycles. The first-order chi connectivity index (χ1) is 25.2. The van der Waals surface area contributed by atoms with Crippen molar-refractivity contribution in [3.05, 3.63) is 69.8 Å². The van der Waals surface area contributed by atoms with Crippen molar-refractivity contribution in [2.24, 2.45) is 0 Å². The lowest BCUT2D eigenvalue weighted by molar-refractivity contribution is -0.386. The molecule has 53 heavy (non-hydrogen) atoms. The minimum atomic E-state index is -1.71. The predicted molar refractivity (Wildman–Crippen MR) is 184 cm³/mol. The standard InChI is InChI=1S/C35H47N3O15/c1-23(39)51-30(31(52-24(2)40)32(53-25(3)41)33(46-6)34(42)47-7)21-49-29-14-13-27(19-28(29)38(44)45)20-50-35(43)37(17-16-36(4)5)22-48-18-15-26-11-9-8-10-12-26/h8-14,19,30-33H,15-18,20-22H2,1-7H3/t30-,31?,32?,33?/m1/s1. The van der Waals surface area contributed by atoms with Crippen LogP contribution in [-0.4, -0.2) is 130 Å². The zero-order valence-corrected chi connectivity index (χ0v) is 30.8. The van der Waals surface area contributed by atoms with Gasteiger partial charge in [0.2, 0.25) is 0 Å². The van der Waals surface area contributed by atoms with Crippen molar-refractivity contribution >= 4 is 35.7 Å². The van der Waals surface area contributed by atoms with Crippen LogP contribution in [0, 0.1) is 10.1 Å². The van der Waals surface area contributed by atoms with E-state index >= 15 is 0 Å². The van der Waals surface area contributed by atoms with Crippen LogP contribution >= 0.6 is 0 Å². The highest BCUT2D eigenvalue weighted by molar-refractivity contribution is 5.77. The summed E-state index contributed by atoms with van der Waals surface area (Å²) < 4.78 is 42.7. The summed E-state index contributed by atoms with van der Waals surface area (Å²) in [6, 6.07) is 13.5. The number of hydrogen-bond donors (Lipinski definition) is 0. The molecule has 292 valence electrons. The Labute approximate surface area is 307 Å². The molecule has 0 N–H and O–H groups in total. The number of esters is 4. The molecule has 0 bridgehead atoms. The van der Waals surface area contributed by atoms with Crippen molar-refractivity contribution in [3.63, 3.8) is 0 Å². The summed E-state index contributed by atoms with van der Waals surface area (Å²) >= 11 is 0. The third kappa shape index (κ3) is 15.4. The maximum absolute atomic E-state index is 13.0. The number of nitro benzene ring substituents is 1. The molecule has 0 heterocycles. The third-order valence-corrected chi connectivity index (χ3v) is 7.28. The molecule has 18 nitrogen and oxygen atoms in total. The van der Waals surface area contributed by atoms with Gasteiger partial charge in [0.25, 0.3) is 0 Å². The number of nitro groups is 1. The van der Waals surface area contributed by atoms with Crippen LogP contribution in [0.15, 0.2) is 48.5 Å². The van der Waals surface area contributed by atoms with Crippen LogP contribution < -0.4 is 4.74 Å². The number of rotatable bonds is 22. The van der Waals surface area contributed by atoms with Gasteiger partial charge in [0.15, 0.2) is 30.2 Å². The largest absolute Gasteiger partial charge is 0.483 e. The molecule has 1 amide bonds. The van der Waals surface area contributed by atoms with Crippen molar-refractivity contribution < 1.29 is 66.8 Å². The second-order valence-corrected chi connectivity index (χ2v) is 11.7. The van der Waals surface area contributed by atoms with Gasteiger partial charge in [0, 0.05) is 47.0 Å². The number of methoxy groups -OCH3 is 2. The van der Waals surface area contributed by atoms with E-state index in [9.17, 15) is 34.1 Å². The summed E-state index contributed by atoms with van der Waals surface area (Å²) in [5.74, 6) is -4.04. The molecule has 2 rings (SSSR count). The van der Waals surface area contributed by atoms with E-state index in [0.717, 1.165) is 46.6 Å². The van der Waals surface area contributed by atoms with Gasteiger partial charge in [-0.2, -0.15) is 0 Å². The Morgan fingerprint density at radius 2 is 1.47 bits per heavy atom. The summed E-state index contributed by atoms with van der Waals surface area (Å²) in [6.45, 7) is 3.20. The smallest absolute Gasteiger partial charge is 0.411 e. The average molecular weight is 750 g/mol. The molecule has 0 saturated heterocycles. The number of carbonyl (C=O) groups excluding carboxylic acids is 5. The predicted octanol–water partition coefficient (Wildman–Crippen LogP) is 2.67. The molecule has 0 aliphatic rings. The molecule has 0 fully saturated rings. The maximum atomic E-state index is 13.0. The number of likely N-dealkylation sites (N-methyl/N-ethyl adjacent to an activating group) is 1. The van der Waals surface area contributed by atoms with Gasteiger partial charge < -0.3 is 42.8 Å². The van der Waals surface area contributed by atoms with Gasteiger partial charge in [-0.15, -0.1) is 0 Å². The van der Waals surface area contributed by atoms with Crippen molar-refractivity contribution in [2.75, 3.05) is 61.3 Å². The van der Waals surface area contributed by atoms with E-state index < -0.39 is 71.6 Å². The summed E-state index contributed by atoms with van der Waals surface area (Å²) in [7, 11) is 5.85. The molecular weight excluding hydrogens is 702 g/mol. The van der Waals surface area contributed by atoms with Gasteiger partial charge in [-0.1, -0.05) is 36.4 Å². The highest BCUT2D eigenvalue weighted by atomic mass is 16.6. The van der Waals surface area contributed by atoms with E-state index in [4.69, 9.17) is 37.9 Å². The van der Waals surface area contributed by atoms with E-state index in [0.29, 0.717) is 26.1 Å². The van der Waals surface area contributed by atoms with Gasteiger partial charge >= 0.3 is 35.7 Å². The van der Waals surface area contributed by atoms with Crippen LogP contribution in [0.1, 0.15) is 31.9 Å². The van der Waals surface area contributed by atoms with E-state index in [1.165, 1.54) is 17.0 Å². The highest BCUT2D eigenvalue weighted by Crippen LogP contribution is 2.30. The Kier molecular flexibility index (Phi) is 18.7. The first-order valence-corrected chi connectivity index (χ1v) is 16.4. The Balaban J connectivity index is 2.25. The van der Waals surface area contributed by atoms with E-state index in [2.05, 4.69) is 0 Å². The van der Waals surface area contributed by atoms with Crippen molar-refractivity contribution in [1.82, 2.24) is 9.80 Å². The Bertz CT molecular complexity index is 1520. The first kappa shape index (κ1) is 43.8. The number of ether oxygens (including phenoxy) is 8. The van der Waals surface area contributed by atoms with Crippen LogP contribution in [0.4, 0.5) is 10.5 Å².